The number of rotatable bonds is 9. The summed E-state index contributed by atoms with van der Waals surface area (Å²) in [5.41, 5.74) is 1.01. The van der Waals surface area contributed by atoms with E-state index in [9.17, 15) is 14.4 Å². The zero-order valence-corrected chi connectivity index (χ0v) is 20.5. The van der Waals surface area contributed by atoms with Gasteiger partial charge in [0.25, 0.3) is 14.6 Å². The SMILES string of the molecule is CC[Si](C)(CC)OC(=O)c1ccccc1C(OC(=O)c1ccccc1)OC(=O)c1ccccc1. The molecule has 3 aromatic carbocycles. The van der Waals surface area contributed by atoms with Gasteiger partial charge in [-0.15, -0.1) is 0 Å². The maximum absolute atomic E-state index is 13.1. The fourth-order valence-corrected chi connectivity index (χ4v) is 4.54. The van der Waals surface area contributed by atoms with Crippen molar-refractivity contribution in [1.82, 2.24) is 0 Å². The van der Waals surface area contributed by atoms with Crippen molar-refractivity contribution in [2.75, 3.05) is 0 Å². The summed E-state index contributed by atoms with van der Waals surface area (Å²) < 4.78 is 17.1. The Bertz CT molecular complexity index is 1070. The van der Waals surface area contributed by atoms with E-state index in [1.807, 2.05) is 20.4 Å². The third kappa shape index (κ3) is 6.20. The van der Waals surface area contributed by atoms with Crippen LogP contribution in [0.3, 0.4) is 0 Å². The van der Waals surface area contributed by atoms with Crippen LogP contribution in [0, 0.1) is 0 Å². The zero-order chi connectivity index (χ0) is 24.6. The second-order valence-electron chi connectivity index (χ2n) is 8.01. The maximum Gasteiger partial charge on any atom is 0.341 e. The van der Waals surface area contributed by atoms with Crippen LogP contribution in [-0.4, -0.2) is 26.2 Å². The standard InChI is InChI=1S/C27H28O6Si/c1-4-34(3,5-2)33-26(30)22-18-12-13-19-23(22)27(31-24(28)20-14-8-6-9-15-20)32-25(29)21-16-10-7-11-17-21/h6-19,27H,4-5H2,1-3H3. The first-order chi connectivity index (χ1) is 16.4. The van der Waals surface area contributed by atoms with Crippen molar-refractivity contribution in [2.45, 2.75) is 38.8 Å². The summed E-state index contributed by atoms with van der Waals surface area (Å²) in [6, 6.07) is 24.8. The van der Waals surface area contributed by atoms with Gasteiger partial charge in [-0.3, -0.25) is 0 Å². The van der Waals surface area contributed by atoms with Gasteiger partial charge in [-0.25, -0.2) is 14.4 Å². The lowest BCUT2D eigenvalue weighted by atomic mass is 10.1. The molecule has 3 rings (SSSR count). The van der Waals surface area contributed by atoms with E-state index in [0.717, 1.165) is 12.1 Å². The molecule has 7 heteroatoms. The monoisotopic (exact) mass is 476 g/mol. The molecule has 0 saturated carbocycles. The van der Waals surface area contributed by atoms with Gasteiger partial charge in [0.1, 0.15) is 0 Å². The van der Waals surface area contributed by atoms with Gasteiger partial charge in [-0.05, 0) is 49.0 Å². The van der Waals surface area contributed by atoms with Crippen molar-refractivity contribution < 1.29 is 28.3 Å². The molecule has 0 amide bonds. The minimum absolute atomic E-state index is 0.190. The van der Waals surface area contributed by atoms with Crippen LogP contribution in [0.25, 0.3) is 0 Å². The van der Waals surface area contributed by atoms with Crippen molar-refractivity contribution in [3.05, 3.63) is 107 Å². The Kier molecular flexibility index (Phi) is 8.37. The number of hydrogen-bond acceptors (Lipinski definition) is 6. The Balaban J connectivity index is 1.96. The molecule has 6 nitrogen and oxygen atoms in total. The number of carbonyl (C=O) groups is 3. The fourth-order valence-electron chi connectivity index (χ4n) is 3.19. The lowest BCUT2D eigenvalue weighted by Gasteiger charge is -2.26. The highest BCUT2D eigenvalue weighted by molar-refractivity contribution is 6.73. The van der Waals surface area contributed by atoms with Crippen LogP contribution < -0.4 is 0 Å². The van der Waals surface area contributed by atoms with Gasteiger partial charge in [0.2, 0.25) is 0 Å². The molecule has 0 bridgehead atoms. The van der Waals surface area contributed by atoms with E-state index in [-0.39, 0.29) is 11.1 Å². The van der Waals surface area contributed by atoms with Crippen LogP contribution in [0.5, 0.6) is 0 Å². The Morgan fingerprint density at radius 3 is 1.59 bits per heavy atom. The quantitative estimate of drug-likeness (QED) is 0.209. The molecule has 0 N–H and O–H groups in total. The topological polar surface area (TPSA) is 78.9 Å². The van der Waals surface area contributed by atoms with Crippen LogP contribution in [0.15, 0.2) is 84.9 Å². The first-order valence-electron chi connectivity index (χ1n) is 11.2. The molecule has 34 heavy (non-hydrogen) atoms. The largest absolute Gasteiger partial charge is 0.516 e. The number of esters is 2. The lowest BCUT2D eigenvalue weighted by Crippen LogP contribution is -2.35. The molecule has 0 unspecified atom stereocenters. The normalized spacial score (nSPS) is 11.1. The molecule has 0 atom stereocenters. The summed E-state index contributed by atoms with van der Waals surface area (Å²) >= 11 is 0. The smallest absolute Gasteiger partial charge is 0.341 e. The molecule has 0 saturated heterocycles. The Hall–Kier alpha value is -3.71. The van der Waals surface area contributed by atoms with Crippen molar-refractivity contribution in [3.8, 4) is 0 Å². The third-order valence-electron chi connectivity index (χ3n) is 5.72. The van der Waals surface area contributed by atoms with Crippen LogP contribution >= 0.6 is 0 Å². The molecule has 176 valence electrons. The first kappa shape index (κ1) is 24.9. The predicted octanol–water partition coefficient (Wildman–Crippen LogP) is 6.17. The Morgan fingerprint density at radius 1 is 0.676 bits per heavy atom. The average Bonchev–Trinajstić information content (AvgIpc) is 2.89. The van der Waals surface area contributed by atoms with Gasteiger partial charge in [-0.1, -0.05) is 68.4 Å². The minimum Gasteiger partial charge on any atom is -0.516 e. The highest BCUT2D eigenvalue weighted by atomic mass is 28.4. The van der Waals surface area contributed by atoms with E-state index in [2.05, 4.69) is 0 Å². The van der Waals surface area contributed by atoms with Gasteiger partial charge in [-0.2, -0.15) is 0 Å². The third-order valence-corrected chi connectivity index (χ3v) is 9.39. The van der Waals surface area contributed by atoms with Gasteiger partial charge in [0, 0.05) is 5.56 Å². The van der Waals surface area contributed by atoms with Crippen molar-refractivity contribution in [2.24, 2.45) is 0 Å². The molecular formula is C27H28O6Si. The second-order valence-corrected chi connectivity index (χ2v) is 12.5. The Labute approximate surface area is 200 Å². The van der Waals surface area contributed by atoms with Gasteiger partial charge in [0.05, 0.1) is 16.7 Å². The number of ether oxygens (including phenoxy) is 2. The molecule has 0 aromatic heterocycles. The molecular weight excluding hydrogens is 448 g/mol. The van der Waals surface area contributed by atoms with Crippen molar-refractivity contribution >= 4 is 26.2 Å². The summed E-state index contributed by atoms with van der Waals surface area (Å²) in [4.78, 5) is 38.8. The van der Waals surface area contributed by atoms with E-state index in [1.54, 1.807) is 84.9 Å². The highest BCUT2D eigenvalue weighted by Gasteiger charge is 2.32. The van der Waals surface area contributed by atoms with Gasteiger partial charge in [0.15, 0.2) is 0 Å². The van der Waals surface area contributed by atoms with E-state index >= 15 is 0 Å². The van der Waals surface area contributed by atoms with Crippen molar-refractivity contribution in [1.29, 1.82) is 0 Å². The van der Waals surface area contributed by atoms with Crippen LogP contribution in [-0.2, 0) is 13.9 Å². The first-order valence-corrected chi connectivity index (χ1v) is 14.0. The number of benzene rings is 3. The van der Waals surface area contributed by atoms with Gasteiger partial charge >= 0.3 is 17.9 Å². The average molecular weight is 477 g/mol. The second kappa shape index (κ2) is 11.4. The summed E-state index contributed by atoms with van der Waals surface area (Å²) in [6.45, 7) is 6.00. The molecule has 0 aliphatic rings. The van der Waals surface area contributed by atoms with Crippen LogP contribution in [0.4, 0.5) is 0 Å². The van der Waals surface area contributed by atoms with Crippen LogP contribution in [0.1, 0.15) is 56.8 Å². The maximum atomic E-state index is 13.1. The lowest BCUT2D eigenvalue weighted by molar-refractivity contribution is -0.0827. The molecule has 0 fully saturated rings. The minimum atomic E-state index is -2.24. The number of carbonyl (C=O) groups excluding carboxylic acids is 3. The summed E-state index contributed by atoms with van der Waals surface area (Å²) in [5.74, 6) is -1.89. The highest BCUT2D eigenvalue weighted by Crippen LogP contribution is 2.28. The molecule has 0 heterocycles. The molecule has 0 spiro atoms. The van der Waals surface area contributed by atoms with E-state index < -0.39 is 32.5 Å². The van der Waals surface area contributed by atoms with Crippen molar-refractivity contribution in [3.63, 3.8) is 0 Å². The van der Waals surface area contributed by atoms with E-state index in [0.29, 0.717) is 11.1 Å². The predicted molar refractivity (Wildman–Crippen MR) is 131 cm³/mol. The fraction of sp³-hybridized carbons (Fsp3) is 0.222. The van der Waals surface area contributed by atoms with E-state index in [4.69, 9.17) is 13.9 Å². The zero-order valence-electron chi connectivity index (χ0n) is 19.5. The summed E-state index contributed by atoms with van der Waals surface area (Å²) in [6.07, 6.45) is -1.44. The van der Waals surface area contributed by atoms with Crippen LogP contribution in [0.2, 0.25) is 18.6 Å². The summed E-state index contributed by atoms with van der Waals surface area (Å²) in [5, 5.41) is 0. The molecule has 0 radical (unpaired) electrons. The number of hydrogen-bond donors (Lipinski definition) is 0. The molecule has 3 aromatic rings. The molecule has 0 aliphatic carbocycles. The van der Waals surface area contributed by atoms with Gasteiger partial charge < -0.3 is 13.9 Å². The Morgan fingerprint density at radius 2 is 1.12 bits per heavy atom. The van der Waals surface area contributed by atoms with E-state index in [1.165, 1.54) is 0 Å². The molecule has 0 aliphatic heterocycles. The summed E-state index contributed by atoms with van der Waals surface area (Å²) in [7, 11) is -2.24.